The maximum atomic E-state index is 12.9. The quantitative estimate of drug-likeness (QED) is 0.228. The topological polar surface area (TPSA) is 79.9 Å². The molecule has 0 unspecified atom stereocenters. The first-order chi connectivity index (χ1) is 19.1. The van der Waals surface area contributed by atoms with Gasteiger partial charge < -0.3 is 25.0 Å². The fraction of sp³-hybridized carbons (Fsp3) is 0.688. The number of nitrogens with zero attached hydrogens (tertiary/aromatic N) is 1. The van der Waals surface area contributed by atoms with Crippen molar-refractivity contribution in [1.82, 2.24) is 5.32 Å². The molecular weight excluding hydrogens is 490 g/mol. The smallest absolute Gasteiger partial charge is 0.253 e. The van der Waals surface area contributed by atoms with Crippen LogP contribution in [0.4, 0.5) is 11.4 Å². The largest absolute Gasteiger partial charge is 0.385 e. The fourth-order valence-electron chi connectivity index (χ4n) is 6.51. The number of ether oxygens (including phenoxy) is 2. The molecule has 3 atom stereocenters. The van der Waals surface area contributed by atoms with Gasteiger partial charge in [0, 0.05) is 51.9 Å². The summed E-state index contributed by atoms with van der Waals surface area (Å²) in [4.78, 5) is 28.0. The van der Waals surface area contributed by atoms with E-state index in [-0.39, 0.29) is 28.9 Å². The van der Waals surface area contributed by atoms with Gasteiger partial charge in [0.1, 0.15) is 11.4 Å². The van der Waals surface area contributed by atoms with Crippen molar-refractivity contribution in [2.24, 2.45) is 11.8 Å². The third kappa shape index (κ3) is 8.15. The Kier molecular flexibility index (Phi) is 11.9. The average molecular weight is 540 g/mol. The number of hydrogen-bond donors (Lipinski definition) is 2. The first kappa shape index (κ1) is 29.8. The highest BCUT2D eigenvalue weighted by molar-refractivity contribution is 5.75. The normalized spacial score (nSPS) is 20.3. The molecule has 0 amide bonds. The minimum Gasteiger partial charge on any atom is -0.385 e. The maximum absolute atomic E-state index is 12.9. The molecule has 1 saturated carbocycles. The Morgan fingerprint density at radius 2 is 1.79 bits per heavy atom. The minimum absolute atomic E-state index is 0.0500. The maximum Gasteiger partial charge on any atom is 0.253 e. The number of anilines is 2. The van der Waals surface area contributed by atoms with Crippen molar-refractivity contribution in [1.29, 1.82) is 0 Å². The number of methoxy groups -OCH3 is 1. The lowest BCUT2D eigenvalue weighted by Gasteiger charge is -2.39. The van der Waals surface area contributed by atoms with E-state index in [4.69, 9.17) is 9.47 Å². The van der Waals surface area contributed by atoms with Crippen LogP contribution in [-0.2, 0) is 9.47 Å². The van der Waals surface area contributed by atoms with Crippen molar-refractivity contribution in [3.05, 3.63) is 56.3 Å². The van der Waals surface area contributed by atoms with Crippen LogP contribution < -0.4 is 26.4 Å². The summed E-state index contributed by atoms with van der Waals surface area (Å²) in [6, 6.07) is 10.5. The zero-order valence-electron chi connectivity index (χ0n) is 24.1. The Hall–Kier alpha value is -2.22. The summed E-state index contributed by atoms with van der Waals surface area (Å²) in [7, 11) is 1.71. The van der Waals surface area contributed by atoms with E-state index < -0.39 is 0 Å². The van der Waals surface area contributed by atoms with Gasteiger partial charge in [-0.2, -0.15) is 0 Å². The lowest BCUT2D eigenvalue weighted by molar-refractivity contribution is -0.00235. The Balaban J connectivity index is 1.47. The predicted octanol–water partition coefficient (Wildman–Crippen LogP) is 5.04. The molecular formula is C32H49N3O4. The summed E-state index contributed by atoms with van der Waals surface area (Å²) in [5.41, 5.74) is 1.61. The summed E-state index contributed by atoms with van der Waals surface area (Å²) >= 11 is 0. The van der Waals surface area contributed by atoms with Crippen LogP contribution in [0, 0.1) is 11.8 Å². The zero-order chi connectivity index (χ0) is 27.5. The monoisotopic (exact) mass is 539 g/mol. The van der Waals surface area contributed by atoms with Crippen molar-refractivity contribution in [2.75, 3.05) is 56.7 Å². The molecule has 0 bridgehead atoms. The molecule has 1 saturated heterocycles. The van der Waals surface area contributed by atoms with Crippen LogP contribution in [0.15, 0.2) is 39.9 Å². The van der Waals surface area contributed by atoms with Gasteiger partial charge in [-0.25, -0.2) is 0 Å². The van der Waals surface area contributed by atoms with Crippen LogP contribution in [0.1, 0.15) is 82.8 Å². The number of benzene rings is 1. The van der Waals surface area contributed by atoms with Crippen molar-refractivity contribution in [2.45, 2.75) is 83.3 Å². The molecule has 2 N–H and O–H groups in total. The molecule has 2 aliphatic rings. The van der Waals surface area contributed by atoms with E-state index in [1.54, 1.807) is 7.11 Å². The van der Waals surface area contributed by atoms with E-state index in [2.05, 4.69) is 46.7 Å². The third-order valence-corrected chi connectivity index (χ3v) is 8.51. The van der Waals surface area contributed by atoms with Crippen LogP contribution in [0.2, 0.25) is 0 Å². The molecule has 4 rings (SSSR count). The Morgan fingerprint density at radius 3 is 2.54 bits per heavy atom. The first-order valence-electron chi connectivity index (χ1n) is 15.3. The molecule has 7 nitrogen and oxygen atoms in total. The second-order valence-corrected chi connectivity index (χ2v) is 11.6. The van der Waals surface area contributed by atoms with Gasteiger partial charge in [-0.1, -0.05) is 69.4 Å². The highest BCUT2D eigenvalue weighted by atomic mass is 16.5. The summed E-state index contributed by atoms with van der Waals surface area (Å²) < 4.78 is 11.6. The van der Waals surface area contributed by atoms with Crippen molar-refractivity contribution in [3.63, 3.8) is 0 Å². The van der Waals surface area contributed by atoms with Gasteiger partial charge >= 0.3 is 0 Å². The van der Waals surface area contributed by atoms with Crippen molar-refractivity contribution < 1.29 is 9.47 Å². The van der Waals surface area contributed by atoms with Crippen LogP contribution >= 0.6 is 0 Å². The first-order valence-corrected chi connectivity index (χ1v) is 15.3. The molecule has 2 fully saturated rings. The molecule has 7 heteroatoms. The van der Waals surface area contributed by atoms with Crippen LogP contribution in [0.25, 0.3) is 0 Å². The Bertz CT molecular complexity index is 1050. The SMILES string of the molecule is CCCNC[C@H](CC1CCCCC1)Nc1c(N2CCC[C@@H]([C@@H](OCCCOC)c3ccccc3)C2)c(=O)c1=O. The van der Waals surface area contributed by atoms with E-state index in [9.17, 15) is 9.59 Å². The third-order valence-electron chi connectivity index (χ3n) is 8.51. The Labute approximate surface area is 234 Å². The van der Waals surface area contributed by atoms with Gasteiger partial charge in [0.2, 0.25) is 0 Å². The number of hydrogen-bond acceptors (Lipinski definition) is 7. The van der Waals surface area contributed by atoms with E-state index in [1.807, 2.05) is 6.07 Å². The minimum atomic E-state index is -0.355. The second-order valence-electron chi connectivity index (χ2n) is 11.6. The zero-order valence-corrected chi connectivity index (χ0v) is 24.1. The number of rotatable bonds is 16. The molecule has 1 aliphatic heterocycles. The highest BCUT2D eigenvalue weighted by Crippen LogP contribution is 2.36. The van der Waals surface area contributed by atoms with E-state index in [1.165, 1.54) is 37.7 Å². The Morgan fingerprint density at radius 1 is 1.00 bits per heavy atom. The van der Waals surface area contributed by atoms with Gasteiger partial charge in [0.05, 0.1) is 6.10 Å². The van der Waals surface area contributed by atoms with E-state index >= 15 is 0 Å². The molecule has 0 radical (unpaired) electrons. The molecule has 2 aromatic carbocycles. The van der Waals surface area contributed by atoms with Crippen LogP contribution in [0.3, 0.4) is 0 Å². The summed E-state index contributed by atoms with van der Waals surface area (Å²) in [5.74, 6) is 0.932. The molecule has 216 valence electrons. The standard InChI is InChI=1S/C32H49N3O4/c1-3-17-33-22-27(21-24-12-6-4-7-13-24)34-28-29(31(37)30(28)36)35-18-10-16-26(23-35)32(39-20-11-19-38-2)25-14-8-5-9-15-25/h5,8-9,14-15,24,26-27,32-34H,3-4,6-7,10-13,16-23H2,1-2H3/t26-,27+,32+/m1/s1. The summed E-state index contributed by atoms with van der Waals surface area (Å²) in [5, 5.41) is 7.12. The van der Waals surface area contributed by atoms with Gasteiger partial charge in [-0.3, -0.25) is 9.59 Å². The highest BCUT2D eigenvalue weighted by Gasteiger charge is 2.34. The summed E-state index contributed by atoms with van der Waals surface area (Å²) in [6.45, 7) is 6.75. The summed E-state index contributed by atoms with van der Waals surface area (Å²) in [6.07, 6.45) is 11.4. The lowest BCUT2D eigenvalue weighted by Crippen LogP contribution is -2.49. The van der Waals surface area contributed by atoms with Crippen LogP contribution in [0.5, 0.6) is 0 Å². The van der Waals surface area contributed by atoms with Gasteiger partial charge in [-0.05, 0) is 50.1 Å². The molecule has 0 aromatic heterocycles. The predicted molar refractivity (Wildman–Crippen MR) is 160 cm³/mol. The van der Waals surface area contributed by atoms with Gasteiger partial charge in [0.25, 0.3) is 10.9 Å². The molecule has 39 heavy (non-hydrogen) atoms. The number of nitrogens with one attached hydrogen (secondary N) is 2. The van der Waals surface area contributed by atoms with Gasteiger partial charge in [0.15, 0.2) is 0 Å². The van der Waals surface area contributed by atoms with Crippen LogP contribution in [-0.4, -0.2) is 52.5 Å². The van der Waals surface area contributed by atoms with Crippen molar-refractivity contribution in [3.8, 4) is 0 Å². The number of piperidine rings is 1. The molecule has 1 aliphatic carbocycles. The fourth-order valence-corrected chi connectivity index (χ4v) is 6.51. The second kappa shape index (κ2) is 15.5. The van der Waals surface area contributed by atoms with Gasteiger partial charge in [-0.15, -0.1) is 0 Å². The van der Waals surface area contributed by atoms with Crippen molar-refractivity contribution >= 4 is 11.4 Å². The van der Waals surface area contributed by atoms with E-state index in [0.29, 0.717) is 37.1 Å². The van der Waals surface area contributed by atoms with E-state index in [0.717, 1.165) is 51.7 Å². The molecule has 1 heterocycles. The molecule has 2 aromatic rings. The average Bonchev–Trinajstić information content (AvgIpc) is 2.98. The lowest BCUT2D eigenvalue weighted by atomic mass is 9.84. The molecule has 0 spiro atoms.